The summed E-state index contributed by atoms with van der Waals surface area (Å²) in [6.45, 7) is 20.6. The number of carbonyl (C=O) groups excluding carboxylic acids is 1. The van der Waals surface area contributed by atoms with Gasteiger partial charge in [0.05, 0.1) is 81.3 Å². The number of carbonyl (C=O) groups is 1. The van der Waals surface area contributed by atoms with Crippen molar-refractivity contribution in [2.45, 2.75) is 64.2 Å². The minimum absolute atomic E-state index is 0.0634. The van der Waals surface area contributed by atoms with Gasteiger partial charge in [0, 0.05) is 81.1 Å². The first-order valence-corrected chi connectivity index (χ1v) is 24.9. The first-order chi connectivity index (χ1) is 29.7. The number of nitrogens with zero attached hydrogens (tertiary/aromatic N) is 5. The number of allylic oxidation sites excluding steroid dienone is 2. The van der Waals surface area contributed by atoms with Gasteiger partial charge >= 0.3 is 0 Å². The quantitative estimate of drug-likeness (QED) is 0.0597. The molecule has 0 saturated carbocycles. The highest BCUT2D eigenvalue weighted by Crippen LogP contribution is 2.42. The third-order valence-electron chi connectivity index (χ3n) is 12.8. The number of hydrogen-bond donors (Lipinski definition) is 2. The number of aromatic amines is 1. The number of anilines is 2. The average Bonchev–Trinajstić information content (AvgIpc) is 3.69. The van der Waals surface area contributed by atoms with Crippen LogP contribution in [-0.2, 0) is 14.8 Å². The lowest BCUT2D eigenvalue weighted by atomic mass is 9.73. The van der Waals surface area contributed by atoms with Crippen LogP contribution in [0.2, 0.25) is 0 Å². The molecule has 1 spiro atoms. The van der Waals surface area contributed by atoms with Crippen LogP contribution in [-0.4, -0.2) is 106 Å². The monoisotopic (exact) mass is 1090 g/mol. The third kappa shape index (κ3) is 10.6. The number of benzene rings is 2. The number of amides is 1. The van der Waals surface area contributed by atoms with Crippen LogP contribution in [0, 0.1) is 10.8 Å². The normalized spacial score (nSPS) is 19.0. The van der Waals surface area contributed by atoms with Crippen LogP contribution in [0.25, 0.3) is 11.0 Å². The standard InChI is InChI=1S/C46H57I2N7O6S/c1-5-32(2)6-7-34-25-45(3,4)14-12-35(34)27-52-16-18-54(19-17-52)36-8-10-39(42(23-36)61-37-22-33-13-15-49-43(33)50-26-37)44(56)51-62(57,58)38-9-11-41(40(24-38)55(47)48)60-21-20-53-28-46(29-53)30-59-31-46/h8-11,13,15,22-24,26H,2,5-7,12,14,16-21,25,27-31H2,1,3-4H3,(H,49,50)(H,51,56). The Hall–Kier alpha value is -3.43. The Morgan fingerprint density at radius 1 is 1.02 bits per heavy atom. The molecule has 13 nitrogen and oxygen atoms in total. The molecule has 0 radical (unpaired) electrons. The van der Waals surface area contributed by atoms with Crippen LogP contribution < -0.4 is 20.4 Å². The van der Waals surface area contributed by atoms with E-state index in [9.17, 15) is 13.2 Å². The zero-order chi connectivity index (χ0) is 43.6. The van der Waals surface area contributed by atoms with Crippen molar-refractivity contribution in [2.24, 2.45) is 10.8 Å². The number of hydrogen-bond acceptors (Lipinski definition) is 11. The minimum atomic E-state index is -4.30. The molecule has 0 atom stereocenters. The van der Waals surface area contributed by atoms with E-state index in [0.717, 1.165) is 109 Å². The van der Waals surface area contributed by atoms with Crippen molar-refractivity contribution in [3.05, 3.63) is 89.8 Å². The Kier molecular flexibility index (Phi) is 13.8. The van der Waals surface area contributed by atoms with Crippen LogP contribution in [0.3, 0.4) is 0 Å². The summed E-state index contributed by atoms with van der Waals surface area (Å²) >= 11 is 4.15. The molecule has 0 unspecified atom stereocenters. The summed E-state index contributed by atoms with van der Waals surface area (Å²) in [6, 6.07) is 13.7. The second kappa shape index (κ2) is 19.0. The smallest absolute Gasteiger partial charge is 0.268 e. The van der Waals surface area contributed by atoms with E-state index < -0.39 is 15.9 Å². The molecule has 2 aromatic carbocycles. The Labute approximate surface area is 393 Å². The topological polar surface area (TPSA) is 133 Å². The summed E-state index contributed by atoms with van der Waals surface area (Å²) in [4.78, 5) is 28.7. The van der Waals surface area contributed by atoms with Crippen molar-refractivity contribution in [1.29, 1.82) is 0 Å². The summed E-state index contributed by atoms with van der Waals surface area (Å²) < 4.78 is 49.7. The molecule has 16 heteroatoms. The second-order valence-corrected chi connectivity index (χ2v) is 23.6. The fourth-order valence-corrected chi connectivity index (χ4v) is 10.7. The van der Waals surface area contributed by atoms with Crippen LogP contribution in [0.15, 0.2) is 89.1 Å². The number of piperazine rings is 1. The zero-order valence-electron chi connectivity index (χ0n) is 35.9. The molecule has 2 aromatic heterocycles. The van der Waals surface area contributed by atoms with E-state index in [1.54, 1.807) is 37.0 Å². The summed E-state index contributed by atoms with van der Waals surface area (Å²) in [6.07, 6.45) is 10.1. The van der Waals surface area contributed by atoms with E-state index >= 15 is 0 Å². The van der Waals surface area contributed by atoms with Crippen molar-refractivity contribution in [2.75, 3.05) is 78.4 Å². The molecule has 4 aromatic rings. The summed E-state index contributed by atoms with van der Waals surface area (Å²) in [5, 5.41) is 0.846. The SMILES string of the molecule is C=C(CC)CCC1=C(CN2CCN(c3ccc(C(=O)NS(=O)(=O)c4ccc(OCCN5CC6(COC6)C5)c(N(I)I)c4)c(Oc4cnc5[nH]ccc5c4)c3)CC2)CCC(C)(C)C1. The van der Waals surface area contributed by atoms with E-state index in [4.69, 9.17) is 14.2 Å². The first-order valence-electron chi connectivity index (χ1n) is 21.5. The summed E-state index contributed by atoms with van der Waals surface area (Å²) in [5.41, 5.74) is 7.46. The fraction of sp³-hybridized carbons (Fsp3) is 0.478. The second-order valence-electron chi connectivity index (χ2n) is 18.1. The molecule has 8 rings (SSSR count). The number of likely N-dealkylation sites (tertiary alicyclic amines) is 1. The van der Waals surface area contributed by atoms with Gasteiger partial charge in [0.15, 0.2) is 0 Å². The molecule has 3 saturated heterocycles. The van der Waals surface area contributed by atoms with Crippen LogP contribution in [0.5, 0.6) is 17.2 Å². The Morgan fingerprint density at radius 2 is 1.81 bits per heavy atom. The number of halogens is 2. The van der Waals surface area contributed by atoms with Gasteiger partial charge < -0.3 is 24.1 Å². The van der Waals surface area contributed by atoms with Gasteiger partial charge in [-0.1, -0.05) is 44.1 Å². The number of H-pyrrole nitrogens is 1. The van der Waals surface area contributed by atoms with Crippen LogP contribution in [0.4, 0.5) is 11.4 Å². The number of fused-ring (bicyclic) bond motifs is 1. The van der Waals surface area contributed by atoms with Crippen molar-refractivity contribution in [1.82, 2.24) is 24.5 Å². The van der Waals surface area contributed by atoms with E-state index in [2.05, 4.69) is 102 Å². The number of ether oxygens (including phenoxy) is 3. The number of sulfonamides is 1. The highest BCUT2D eigenvalue weighted by molar-refractivity contribution is 14.2. The Bertz CT molecular complexity index is 2430. The molecule has 5 heterocycles. The molecule has 3 aliphatic heterocycles. The van der Waals surface area contributed by atoms with Crippen molar-refractivity contribution < 1.29 is 27.4 Å². The Balaban J connectivity index is 0.964. The molecular formula is C46H57I2N7O6S. The number of nitrogens with one attached hydrogen (secondary N) is 2. The minimum Gasteiger partial charge on any atom is -0.490 e. The van der Waals surface area contributed by atoms with Gasteiger partial charge in [0.2, 0.25) is 0 Å². The molecular weight excluding hydrogens is 1030 g/mol. The molecule has 1 aliphatic carbocycles. The molecule has 3 fully saturated rings. The lowest BCUT2D eigenvalue weighted by Crippen LogP contribution is -2.66. The van der Waals surface area contributed by atoms with Gasteiger partial charge in [-0.15, -0.1) is 0 Å². The molecule has 4 aliphatic rings. The maximum Gasteiger partial charge on any atom is 0.268 e. The van der Waals surface area contributed by atoms with Gasteiger partial charge in [-0.25, -0.2) is 18.1 Å². The third-order valence-corrected chi connectivity index (χ3v) is 15.2. The Morgan fingerprint density at radius 3 is 2.53 bits per heavy atom. The number of rotatable bonds is 17. The number of aromatic nitrogens is 2. The molecule has 0 bridgehead atoms. The lowest BCUT2D eigenvalue weighted by Gasteiger charge is -2.55. The molecule has 62 heavy (non-hydrogen) atoms. The van der Waals surface area contributed by atoms with Gasteiger partial charge in [0.25, 0.3) is 15.9 Å². The van der Waals surface area contributed by atoms with E-state index in [0.29, 0.717) is 40.3 Å². The maximum atomic E-state index is 14.0. The summed E-state index contributed by atoms with van der Waals surface area (Å²) in [7, 11) is -4.30. The number of pyridine rings is 1. The highest BCUT2D eigenvalue weighted by atomic mass is 127. The maximum absolute atomic E-state index is 14.0. The lowest BCUT2D eigenvalue weighted by molar-refractivity contribution is -0.189. The molecule has 2 N–H and O–H groups in total. The van der Waals surface area contributed by atoms with Gasteiger partial charge in [0.1, 0.15) is 29.5 Å². The van der Waals surface area contributed by atoms with Crippen molar-refractivity contribution in [3.63, 3.8) is 0 Å². The predicted octanol–water partition coefficient (Wildman–Crippen LogP) is 9.07. The largest absolute Gasteiger partial charge is 0.490 e. The molecule has 332 valence electrons. The first kappa shape index (κ1) is 45.1. The van der Waals surface area contributed by atoms with E-state index in [-0.39, 0.29) is 16.2 Å². The molecule has 1 amide bonds. The van der Waals surface area contributed by atoms with Gasteiger partial charge in [-0.2, -0.15) is 0 Å². The van der Waals surface area contributed by atoms with Gasteiger partial charge in [-0.3, -0.25) is 15.9 Å². The van der Waals surface area contributed by atoms with E-state index in [1.165, 1.54) is 24.1 Å². The highest BCUT2D eigenvalue weighted by Gasteiger charge is 2.48. The van der Waals surface area contributed by atoms with E-state index in [1.807, 2.05) is 24.3 Å². The zero-order valence-corrected chi connectivity index (χ0v) is 41.0. The van der Waals surface area contributed by atoms with Crippen molar-refractivity contribution in [3.8, 4) is 17.2 Å². The fourth-order valence-electron chi connectivity index (χ4n) is 9.01. The van der Waals surface area contributed by atoms with Crippen molar-refractivity contribution >= 4 is 84.1 Å². The average molecular weight is 1090 g/mol. The summed E-state index contributed by atoms with van der Waals surface area (Å²) in [5.74, 6) is 0.403. The van der Waals surface area contributed by atoms with Crippen LogP contribution in [0.1, 0.15) is 69.7 Å². The predicted molar refractivity (Wildman–Crippen MR) is 261 cm³/mol. The van der Waals surface area contributed by atoms with Gasteiger partial charge in [-0.05, 0) is 86.4 Å². The van der Waals surface area contributed by atoms with Crippen LogP contribution >= 0.6 is 45.7 Å².